The maximum absolute atomic E-state index is 10.4. The van der Waals surface area contributed by atoms with Crippen molar-refractivity contribution in [2.24, 2.45) is 5.92 Å². The third-order valence-corrected chi connectivity index (χ3v) is 2.84. The van der Waals surface area contributed by atoms with Crippen LogP contribution in [0, 0.1) is 5.92 Å². The molecule has 0 heterocycles. The van der Waals surface area contributed by atoms with E-state index in [2.05, 4.69) is 13.8 Å². The molecular formula is C14H19NO2. The fourth-order valence-corrected chi connectivity index (χ4v) is 1.61. The molecule has 0 amide bonds. The SMILES string of the molecule is CCC(C)Cc1ccc(C=CC(=O)O)c(N)c1. The van der Waals surface area contributed by atoms with E-state index >= 15 is 0 Å². The van der Waals surface area contributed by atoms with Gasteiger partial charge in [0.05, 0.1) is 0 Å². The van der Waals surface area contributed by atoms with Crippen molar-refractivity contribution < 1.29 is 9.90 Å². The average molecular weight is 233 g/mol. The predicted octanol–water partition coefficient (Wildman–Crippen LogP) is 2.96. The zero-order chi connectivity index (χ0) is 12.8. The van der Waals surface area contributed by atoms with Gasteiger partial charge in [0.1, 0.15) is 0 Å². The minimum atomic E-state index is -0.965. The second kappa shape index (κ2) is 6.09. The molecule has 0 saturated carbocycles. The highest BCUT2D eigenvalue weighted by Gasteiger charge is 2.03. The van der Waals surface area contributed by atoms with Crippen LogP contribution in [0.3, 0.4) is 0 Å². The van der Waals surface area contributed by atoms with E-state index in [-0.39, 0.29) is 0 Å². The van der Waals surface area contributed by atoms with Gasteiger partial charge in [-0.1, -0.05) is 32.4 Å². The molecule has 1 aromatic carbocycles. The third kappa shape index (κ3) is 4.31. The second-order valence-corrected chi connectivity index (χ2v) is 4.35. The number of hydrogen-bond acceptors (Lipinski definition) is 2. The molecule has 1 atom stereocenters. The summed E-state index contributed by atoms with van der Waals surface area (Å²) in [7, 11) is 0. The number of hydrogen-bond donors (Lipinski definition) is 2. The fourth-order valence-electron chi connectivity index (χ4n) is 1.61. The topological polar surface area (TPSA) is 63.3 Å². The normalized spacial score (nSPS) is 12.8. The molecule has 0 aliphatic carbocycles. The van der Waals surface area contributed by atoms with Gasteiger partial charge >= 0.3 is 5.97 Å². The molecule has 3 nitrogen and oxygen atoms in total. The molecule has 3 N–H and O–H groups in total. The third-order valence-electron chi connectivity index (χ3n) is 2.84. The quantitative estimate of drug-likeness (QED) is 0.607. The van der Waals surface area contributed by atoms with Crippen molar-refractivity contribution in [1.29, 1.82) is 0 Å². The van der Waals surface area contributed by atoms with Gasteiger partial charge in [-0.25, -0.2) is 4.79 Å². The van der Waals surface area contributed by atoms with Crippen LogP contribution in [0.15, 0.2) is 24.3 Å². The number of carboxylic acid groups (broad SMARTS) is 1. The van der Waals surface area contributed by atoms with Crippen LogP contribution >= 0.6 is 0 Å². The van der Waals surface area contributed by atoms with Crippen LogP contribution in [-0.4, -0.2) is 11.1 Å². The molecule has 92 valence electrons. The van der Waals surface area contributed by atoms with Gasteiger partial charge in [-0.3, -0.25) is 0 Å². The molecule has 0 bridgehead atoms. The van der Waals surface area contributed by atoms with Crippen molar-refractivity contribution in [3.8, 4) is 0 Å². The lowest BCUT2D eigenvalue weighted by molar-refractivity contribution is -0.131. The number of anilines is 1. The van der Waals surface area contributed by atoms with Gasteiger partial charge in [0.2, 0.25) is 0 Å². The highest BCUT2D eigenvalue weighted by molar-refractivity contribution is 5.86. The van der Waals surface area contributed by atoms with Crippen LogP contribution in [-0.2, 0) is 11.2 Å². The van der Waals surface area contributed by atoms with Crippen molar-refractivity contribution in [3.63, 3.8) is 0 Å². The summed E-state index contributed by atoms with van der Waals surface area (Å²) in [6.07, 6.45) is 4.76. The number of carbonyl (C=O) groups is 1. The molecule has 0 saturated heterocycles. The Balaban J connectivity index is 2.82. The fraction of sp³-hybridized carbons (Fsp3) is 0.357. The first-order valence-corrected chi connectivity index (χ1v) is 5.82. The van der Waals surface area contributed by atoms with Crippen LogP contribution in [0.1, 0.15) is 31.4 Å². The van der Waals surface area contributed by atoms with Gasteiger partial charge in [-0.2, -0.15) is 0 Å². The van der Waals surface area contributed by atoms with Gasteiger partial charge < -0.3 is 10.8 Å². The minimum Gasteiger partial charge on any atom is -0.478 e. The van der Waals surface area contributed by atoms with E-state index in [1.165, 1.54) is 11.6 Å². The van der Waals surface area contributed by atoms with Gasteiger partial charge in [0.25, 0.3) is 0 Å². The van der Waals surface area contributed by atoms with E-state index < -0.39 is 5.97 Å². The van der Waals surface area contributed by atoms with E-state index in [1.54, 1.807) is 0 Å². The Morgan fingerprint density at radius 3 is 2.76 bits per heavy atom. The molecule has 0 fully saturated rings. The Hall–Kier alpha value is -1.77. The molecule has 0 radical (unpaired) electrons. The lowest BCUT2D eigenvalue weighted by Crippen LogP contribution is -1.99. The van der Waals surface area contributed by atoms with Gasteiger partial charge in [-0.05, 0) is 35.6 Å². The predicted molar refractivity (Wildman–Crippen MR) is 70.7 cm³/mol. The highest BCUT2D eigenvalue weighted by atomic mass is 16.4. The zero-order valence-electron chi connectivity index (χ0n) is 10.3. The summed E-state index contributed by atoms with van der Waals surface area (Å²) >= 11 is 0. The zero-order valence-corrected chi connectivity index (χ0v) is 10.3. The van der Waals surface area contributed by atoms with Gasteiger partial charge in [-0.15, -0.1) is 0 Å². The molecule has 0 aromatic heterocycles. The summed E-state index contributed by atoms with van der Waals surface area (Å²) in [5.74, 6) is -0.331. The first-order valence-electron chi connectivity index (χ1n) is 5.82. The number of aliphatic carboxylic acids is 1. The average Bonchev–Trinajstić information content (AvgIpc) is 2.27. The molecular weight excluding hydrogens is 214 g/mol. The van der Waals surface area contributed by atoms with Crippen LogP contribution in [0.25, 0.3) is 6.08 Å². The van der Waals surface area contributed by atoms with Crippen molar-refractivity contribution in [1.82, 2.24) is 0 Å². The number of nitrogen functional groups attached to an aromatic ring is 1. The Morgan fingerprint density at radius 1 is 1.53 bits per heavy atom. The Labute approximate surface area is 102 Å². The largest absolute Gasteiger partial charge is 0.478 e. The summed E-state index contributed by atoms with van der Waals surface area (Å²) in [4.78, 5) is 10.4. The Bertz CT molecular complexity index is 424. The molecule has 0 aliphatic rings. The Kier molecular flexibility index (Phi) is 4.76. The summed E-state index contributed by atoms with van der Waals surface area (Å²) in [5.41, 5.74) is 8.46. The summed E-state index contributed by atoms with van der Waals surface area (Å²) < 4.78 is 0. The first kappa shape index (κ1) is 13.3. The van der Waals surface area contributed by atoms with Crippen LogP contribution in [0.5, 0.6) is 0 Å². The molecule has 1 unspecified atom stereocenters. The van der Waals surface area contributed by atoms with E-state index in [9.17, 15) is 4.79 Å². The lowest BCUT2D eigenvalue weighted by Gasteiger charge is -2.10. The van der Waals surface area contributed by atoms with E-state index in [0.29, 0.717) is 11.6 Å². The highest BCUT2D eigenvalue weighted by Crippen LogP contribution is 2.19. The van der Waals surface area contributed by atoms with Crippen molar-refractivity contribution in [3.05, 3.63) is 35.4 Å². The number of benzene rings is 1. The first-order chi connectivity index (χ1) is 8.02. The van der Waals surface area contributed by atoms with E-state index in [1.807, 2.05) is 18.2 Å². The Morgan fingerprint density at radius 2 is 2.24 bits per heavy atom. The number of rotatable bonds is 5. The lowest BCUT2D eigenvalue weighted by atomic mass is 9.97. The molecule has 1 rings (SSSR count). The molecule has 3 heteroatoms. The summed E-state index contributed by atoms with van der Waals surface area (Å²) in [6, 6.07) is 5.80. The van der Waals surface area contributed by atoms with Gasteiger partial charge in [0, 0.05) is 11.8 Å². The van der Waals surface area contributed by atoms with Crippen molar-refractivity contribution in [2.75, 3.05) is 5.73 Å². The number of nitrogens with two attached hydrogens (primary N) is 1. The maximum Gasteiger partial charge on any atom is 0.328 e. The smallest absolute Gasteiger partial charge is 0.328 e. The van der Waals surface area contributed by atoms with Crippen molar-refractivity contribution in [2.45, 2.75) is 26.7 Å². The molecule has 1 aromatic rings. The molecule has 0 spiro atoms. The monoisotopic (exact) mass is 233 g/mol. The number of carboxylic acids is 1. The summed E-state index contributed by atoms with van der Waals surface area (Å²) in [6.45, 7) is 4.37. The molecule has 0 aliphatic heterocycles. The van der Waals surface area contributed by atoms with Crippen LogP contribution in [0.4, 0.5) is 5.69 Å². The van der Waals surface area contributed by atoms with E-state index in [0.717, 1.165) is 24.5 Å². The maximum atomic E-state index is 10.4. The van der Waals surface area contributed by atoms with E-state index in [4.69, 9.17) is 10.8 Å². The van der Waals surface area contributed by atoms with Crippen LogP contribution < -0.4 is 5.73 Å². The summed E-state index contributed by atoms with van der Waals surface area (Å²) in [5, 5.41) is 8.54. The standard InChI is InChI=1S/C14H19NO2/c1-3-10(2)8-11-4-5-12(13(15)9-11)6-7-14(16)17/h4-7,9-10H,3,8,15H2,1-2H3,(H,16,17). The van der Waals surface area contributed by atoms with Gasteiger partial charge in [0.15, 0.2) is 0 Å². The van der Waals surface area contributed by atoms with Crippen molar-refractivity contribution >= 4 is 17.7 Å². The minimum absolute atomic E-state index is 0.628. The molecule has 17 heavy (non-hydrogen) atoms. The second-order valence-electron chi connectivity index (χ2n) is 4.35. The van der Waals surface area contributed by atoms with Crippen LogP contribution in [0.2, 0.25) is 0 Å².